The normalized spacial score (nSPS) is 21.3. The largest absolute Gasteiger partial charge is 0.486 e. The number of rotatable bonds is 11. The van der Waals surface area contributed by atoms with Crippen LogP contribution in [0.2, 0.25) is 0 Å². The van der Waals surface area contributed by atoms with Crippen molar-refractivity contribution in [1.29, 1.82) is 0 Å². The minimum atomic E-state index is -0.320. The number of unbranched alkanes of at least 4 members (excludes halogenated alkanes) is 2. The fourth-order valence-corrected chi connectivity index (χ4v) is 2.62. The SMILES string of the molecule is C.CCCCCC(/C=C/B1OC(C)(C)C(C)(C)O1)OC(CC)OCC. The zero-order chi connectivity index (χ0) is 18.2. The first-order valence-electron chi connectivity index (χ1n) is 9.56. The van der Waals surface area contributed by atoms with Gasteiger partial charge in [0.15, 0.2) is 6.29 Å². The van der Waals surface area contributed by atoms with Crippen molar-refractivity contribution in [2.45, 2.75) is 112 Å². The Morgan fingerprint density at radius 3 is 2.08 bits per heavy atom. The van der Waals surface area contributed by atoms with Gasteiger partial charge in [-0.05, 0) is 47.5 Å². The second-order valence-corrected chi connectivity index (χ2v) is 7.47. The molecule has 0 spiro atoms. The summed E-state index contributed by atoms with van der Waals surface area (Å²) in [6.45, 7) is 15.2. The topological polar surface area (TPSA) is 36.9 Å². The van der Waals surface area contributed by atoms with E-state index in [9.17, 15) is 0 Å². The van der Waals surface area contributed by atoms with E-state index in [2.05, 4.69) is 47.6 Å². The third-order valence-electron chi connectivity index (χ3n) is 4.86. The molecule has 5 heteroatoms. The average Bonchev–Trinajstić information content (AvgIpc) is 2.71. The Morgan fingerprint density at radius 1 is 1.00 bits per heavy atom. The highest BCUT2D eigenvalue weighted by Gasteiger charge is 2.50. The maximum absolute atomic E-state index is 6.13. The van der Waals surface area contributed by atoms with Crippen LogP contribution in [0.3, 0.4) is 0 Å². The Kier molecular flexibility index (Phi) is 11.2. The van der Waals surface area contributed by atoms with Gasteiger partial charge in [0.25, 0.3) is 0 Å². The van der Waals surface area contributed by atoms with Gasteiger partial charge in [0.1, 0.15) is 0 Å². The van der Waals surface area contributed by atoms with Gasteiger partial charge in [-0.25, -0.2) is 0 Å². The molecule has 0 aromatic carbocycles. The smallest absolute Gasteiger partial charge is 0.400 e. The molecule has 1 aliphatic rings. The Labute approximate surface area is 156 Å². The van der Waals surface area contributed by atoms with E-state index in [1.54, 1.807) is 0 Å². The van der Waals surface area contributed by atoms with Crippen LogP contribution in [-0.2, 0) is 18.8 Å². The molecule has 4 nitrogen and oxygen atoms in total. The number of hydrogen-bond acceptors (Lipinski definition) is 4. The molecule has 148 valence electrons. The van der Waals surface area contributed by atoms with Crippen molar-refractivity contribution >= 4 is 7.12 Å². The van der Waals surface area contributed by atoms with E-state index in [1.807, 2.05) is 12.9 Å². The summed E-state index contributed by atoms with van der Waals surface area (Å²) in [6, 6.07) is 0. The molecule has 0 saturated carbocycles. The molecule has 1 fully saturated rings. The molecular formula is C20H41BO4. The van der Waals surface area contributed by atoms with Crippen LogP contribution in [0.15, 0.2) is 12.1 Å². The van der Waals surface area contributed by atoms with Gasteiger partial charge in [-0.2, -0.15) is 0 Å². The molecule has 0 amide bonds. The molecule has 1 saturated heterocycles. The lowest BCUT2D eigenvalue weighted by Crippen LogP contribution is -2.41. The monoisotopic (exact) mass is 356 g/mol. The molecule has 0 radical (unpaired) electrons. The Balaban J connectivity index is 0.00000576. The first kappa shape index (κ1) is 24.6. The van der Waals surface area contributed by atoms with Gasteiger partial charge < -0.3 is 18.8 Å². The van der Waals surface area contributed by atoms with Gasteiger partial charge in [0.05, 0.1) is 17.3 Å². The Morgan fingerprint density at radius 2 is 1.60 bits per heavy atom. The molecule has 1 rings (SSSR count). The van der Waals surface area contributed by atoms with E-state index in [4.69, 9.17) is 18.8 Å². The van der Waals surface area contributed by atoms with E-state index >= 15 is 0 Å². The standard InChI is InChI=1S/C19H37BO4.CH4/c1-8-11-12-13-16(22-17(9-2)21-10-3)14-15-20-23-18(4,5)19(6,7)24-20;/h14-17H,8-13H2,1-7H3;1H4/b15-14+;. The van der Waals surface area contributed by atoms with Crippen molar-refractivity contribution < 1.29 is 18.8 Å². The average molecular weight is 356 g/mol. The van der Waals surface area contributed by atoms with Crippen LogP contribution in [-0.4, -0.2) is 37.3 Å². The molecule has 0 N–H and O–H groups in total. The first-order valence-corrected chi connectivity index (χ1v) is 9.56. The lowest BCUT2D eigenvalue weighted by molar-refractivity contribution is -0.159. The van der Waals surface area contributed by atoms with Crippen LogP contribution in [0, 0.1) is 0 Å². The van der Waals surface area contributed by atoms with Crippen LogP contribution < -0.4 is 0 Å². The lowest BCUT2D eigenvalue weighted by Gasteiger charge is -2.32. The minimum Gasteiger partial charge on any atom is -0.400 e. The van der Waals surface area contributed by atoms with E-state index in [0.29, 0.717) is 6.61 Å². The highest BCUT2D eigenvalue weighted by Crippen LogP contribution is 2.37. The van der Waals surface area contributed by atoms with Crippen molar-refractivity contribution in [2.24, 2.45) is 0 Å². The summed E-state index contributed by atoms with van der Waals surface area (Å²) >= 11 is 0. The summed E-state index contributed by atoms with van der Waals surface area (Å²) in [5, 5.41) is 0. The minimum absolute atomic E-state index is 0. The number of hydrogen-bond donors (Lipinski definition) is 0. The summed E-state index contributed by atoms with van der Waals surface area (Å²) in [4.78, 5) is 0. The zero-order valence-electron chi connectivity index (χ0n) is 16.8. The maximum Gasteiger partial charge on any atom is 0.486 e. The fourth-order valence-electron chi connectivity index (χ4n) is 2.62. The van der Waals surface area contributed by atoms with Gasteiger partial charge in [0.2, 0.25) is 0 Å². The highest BCUT2D eigenvalue weighted by atomic mass is 16.7. The molecule has 0 aromatic rings. The molecule has 25 heavy (non-hydrogen) atoms. The van der Waals surface area contributed by atoms with Crippen molar-refractivity contribution in [3.63, 3.8) is 0 Å². The third kappa shape index (κ3) is 7.82. The summed E-state index contributed by atoms with van der Waals surface area (Å²) in [6.07, 6.45) is 7.38. The Bertz CT molecular complexity index is 366. The van der Waals surface area contributed by atoms with Gasteiger partial charge >= 0.3 is 7.12 Å². The van der Waals surface area contributed by atoms with Crippen LogP contribution in [0.25, 0.3) is 0 Å². The molecule has 2 atom stereocenters. The van der Waals surface area contributed by atoms with Crippen molar-refractivity contribution in [3.8, 4) is 0 Å². The number of ether oxygens (including phenoxy) is 2. The van der Waals surface area contributed by atoms with E-state index in [0.717, 1.165) is 19.3 Å². The van der Waals surface area contributed by atoms with Crippen molar-refractivity contribution in [3.05, 3.63) is 12.1 Å². The summed E-state index contributed by atoms with van der Waals surface area (Å²) in [5.74, 6) is 1.99. The zero-order valence-corrected chi connectivity index (χ0v) is 16.8. The lowest BCUT2D eigenvalue weighted by atomic mass is 9.89. The van der Waals surface area contributed by atoms with E-state index in [1.165, 1.54) is 12.8 Å². The predicted octanol–water partition coefficient (Wildman–Crippen LogP) is 5.55. The van der Waals surface area contributed by atoms with Crippen molar-refractivity contribution in [2.75, 3.05) is 6.61 Å². The first-order chi connectivity index (χ1) is 11.3. The molecule has 1 aliphatic heterocycles. The van der Waals surface area contributed by atoms with Gasteiger partial charge in [-0.1, -0.05) is 52.6 Å². The quantitative estimate of drug-likeness (QED) is 0.276. The van der Waals surface area contributed by atoms with E-state index in [-0.39, 0.29) is 38.1 Å². The van der Waals surface area contributed by atoms with E-state index < -0.39 is 0 Å². The van der Waals surface area contributed by atoms with Crippen LogP contribution in [0.5, 0.6) is 0 Å². The Hall–Kier alpha value is -0.355. The molecule has 2 unspecified atom stereocenters. The summed E-state index contributed by atoms with van der Waals surface area (Å²) in [5.41, 5.74) is -0.615. The fraction of sp³-hybridized carbons (Fsp3) is 0.900. The van der Waals surface area contributed by atoms with Crippen LogP contribution in [0.4, 0.5) is 0 Å². The summed E-state index contributed by atoms with van der Waals surface area (Å²) in [7, 11) is -0.320. The van der Waals surface area contributed by atoms with Gasteiger partial charge in [-0.15, -0.1) is 0 Å². The third-order valence-corrected chi connectivity index (χ3v) is 4.86. The van der Waals surface area contributed by atoms with Crippen LogP contribution in [0.1, 0.15) is 88.0 Å². The molecule has 0 bridgehead atoms. The molecule has 0 aliphatic carbocycles. The van der Waals surface area contributed by atoms with Crippen molar-refractivity contribution in [1.82, 2.24) is 0 Å². The second-order valence-electron chi connectivity index (χ2n) is 7.47. The summed E-state index contributed by atoms with van der Waals surface area (Å²) < 4.78 is 23.8. The predicted molar refractivity (Wildman–Crippen MR) is 107 cm³/mol. The maximum atomic E-state index is 6.13. The molecule has 0 aromatic heterocycles. The molecule has 1 heterocycles. The van der Waals surface area contributed by atoms with Gasteiger partial charge in [0, 0.05) is 6.61 Å². The molecular weight excluding hydrogens is 315 g/mol. The van der Waals surface area contributed by atoms with Gasteiger partial charge in [-0.3, -0.25) is 0 Å². The highest BCUT2D eigenvalue weighted by molar-refractivity contribution is 6.51. The van der Waals surface area contributed by atoms with Crippen LogP contribution >= 0.6 is 0 Å². The second kappa shape index (κ2) is 11.4.